The zero-order chi connectivity index (χ0) is 15.6. The van der Waals surface area contributed by atoms with Gasteiger partial charge in [0.05, 0.1) is 5.54 Å². The molecule has 2 nitrogen and oxygen atoms in total. The van der Waals surface area contributed by atoms with E-state index < -0.39 is 5.54 Å². The van der Waals surface area contributed by atoms with Crippen molar-refractivity contribution in [3.63, 3.8) is 0 Å². The number of rotatable bonds is 4. The molecule has 0 aliphatic heterocycles. The molecule has 0 aliphatic rings. The van der Waals surface area contributed by atoms with Crippen LogP contribution >= 0.6 is 0 Å². The molecule has 2 aromatic carbocycles. The van der Waals surface area contributed by atoms with Crippen LogP contribution < -0.4 is 11.5 Å². The normalized spacial score (nSPS) is 11.7. The van der Waals surface area contributed by atoms with Gasteiger partial charge in [-0.15, -0.1) is 0 Å². The first-order valence-electron chi connectivity index (χ1n) is 7.54. The molecule has 0 radical (unpaired) electrons. The summed E-state index contributed by atoms with van der Waals surface area (Å²) in [4.78, 5) is 0. The van der Waals surface area contributed by atoms with Crippen molar-refractivity contribution in [1.29, 1.82) is 0 Å². The van der Waals surface area contributed by atoms with E-state index in [1.165, 1.54) is 33.4 Å². The van der Waals surface area contributed by atoms with Crippen LogP contribution in [-0.4, -0.2) is 6.54 Å². The van der Waals surface area contributed by atoms with Gasteiger partial charge in [-0.05, 0) is 74.0 Å². The summed E-state index contributed by atoms with van der Waals surface area (Å²) in [5.74, 6) is 0. The summed E-state index contributed by atoms with van der Waals surface area (Å²) in [6.45, 7) is 9.10. The number of hydrogen-bond acceptors (Lipinski definition) is 2. The Labute approximate surface area is 128 Å². The van der Waals surface area contributed by atoms with E-state index in [0.717, 1.165) is 6.42 Å². The number of benzene rings is 2. The molecule has 0 aliphatic carbocycles. The second-order valence-electron chi connectivity index (χ2n) is 6.04. The van der Waals surface area contributed by atoms with Gasteiger partial charge in [-0.1, -0.05) is 36.4 Å². The van der Waals surface area contributed by atoms with Crippen LogP contribution in [0.15, 0.2) is 36.4 Å². The zero-order valence-corrected chi connectivity index (χ0v) is 13.5. The molecule has 2 heteroatoms. The topological polar surface area (TPSA) is 52.0 Å². The van der Waals surface area contributed by atoms with Crippen molar-refractivity contribution in [3.8, 4) is 0 Å². The fourth-order valence-electron chi connectivity index (χ4n) is 3.64. The molecule has 2 rings (SSSR count). The fourth-order valence-corrected chi connectivity index (χ4v) is 3.64. The highest BCUT2D eigenvalue weighted by Crippen LogP contribution is 2.37. The lowest BCUT2D eigenvalue weighted by atomic mass is 9.74. The summed E-state index contributed by atoms with van der Waals surface area (Å²) < 4.78 is 0. The van der Waals surface area contributed by atoms with Gasteiger partial charge in [0, 0.05) is 0 Å². The van der Waals surface area contributed by atoms with E-state index >= 15 is 0 Å². The second-order valence-corrected chi connectivity index (χ2v) is 6.04. The van der Waals surface area contributed by atoms with E-state index in [2.05, 4.69) is 64.1 Å². The Morgan fingerprint density at radius 2 is 1.10 bits per heavy atom. The maximum absolute atomic E-state index is 6.97. The van der Waals surface area contributed by atoms with Gasteiger partial charge in [0.25, 0.3) is 0 Å². The third-order valence-corrected chi connectivity index (χ3v) is 4.39. The van der Waals surface area contributed by atoms with Crippen LogP contribution in [0.2, 0.25) is 0 Å². The monoisotopic (exact) mass is 282 g/mol. The molecule has 0 bridgehead atoms. The van der Waals surface area contributed by atoms with E-state index in [-0.39, 0.29) is 0 Å². The van der Waals surface area contributed by atoms with Gasteiger partial charge in [-0.2, -0.15) is 0 Å². The second kappa shape index (κ2) is 6.00. The Morgan fingerprint density at radius 3 is 1.38 bits per heavy atom. The lowest BCUT2D eigenvalue weighted by molar-refractivity contribution is 0.489. The fraction of sp³-hybridized carbons (Fsp3) is 0.368. The minimum Gasteiger partial charge on any atom is -0.330 e. The molecule has 0 aromatic heterocycles. The van der Waals surface area contributed by atoms with Crippen LogP contribution in [0.4, 0.5) is 0 Å². The van der Waals surface area contributed by atoms with Crippen LogP contribution in [0.1, 0.15) is 39.8 Å². The Kier molecular flexibility index (Phi) is 4.50. The van der Waals surface area contributed by atoms with Gasteiger partial charge in [0.15, 0.2) is 0 Å². The first-order chi connectivity index (χ1) is 9.91. The van der Waals surface area contributed by atoms with E-state index in [1.807, 2.05) is 0 Å². The Hall–Kier alpha value is -1.64. The highest BCUT2D eigenvalue weighted by Gasteiger charge is 2.34. The standard InChI is InChI=1S/C19H26N2/c1-13-7-5-8-14(2)17(13)19(21,11-12-20)18-15(3)9-6-10-16(18)4/h5-10H,11-12,20-21H2,1-4H3. The summed E-state index contributed by atoms with van der Waals surface area (Å²) >= 11 is 0. The summed E-state index contributed by atoms with van der Waals surface area (Å²) in [6.07, 6.45) is 0.740. The third kappa shape index (κ3) is 2.74. The van der Waals surface area contributed by atoms with Crippen molar-refractivity contribution < 1.29 is 0 Å². The van der Waals surface area contributed by atoms with Gasteiger partial charge in [-0.25, -0.2) is 0 Å². The van der Waals surface area contributed by atoms with Crippen LogP contribution in [0.25, 0.3) is 0 Å². The van der Waals surface area contributed by atoms with Crippen molar-refractivity contribution in [2.45, 2.75) is 39.7 Å². The molecule has 0 fully saturated rings. The minimum absolute atomic E-state index is 0.528. The smallest absolute Gasteiger partial charge is 0.0687 e. The van der Waals surface area contributed by atoms with Gasteiger partial charge in [0.1, 0.15) is 0 Å². The predicted octanol–water partition coefficient (Wildman–Crippen LogP) is 3.47. The average Bonchev–Trinajstić information content (AvgIpc) is 2.38. The summed E-state index contributed by atoms with van der Waals surface area (Å²) in [6, 6.07) is 12.7. The number of nitrogens with two attached hydrogens (primary N) is 2. The van der Waals surface area contributed by atoms with Gasteiger partial charge in [0.2, 0.25) is 0 Å². The van der Waals surface area contributed by atoms with Crippen molar-refractivity contribution in [1.82, 2.24) is 0 Å². The molecule has 4 N–H and O–H groups in total. The predicted molar refractivity (Wildman–Crippen MR) is 90.5 cm³/mol. The van der Waals surface area contributed by atoms with E-state index in [1.54, 1.807) is 0 Å². The molecule has 112 valence electrons. The largest absolute Gasteiger partial charge is 0.330 e. The van der Waals surface area contributed by atoms with Crippen LogP contribution in [-0.2, 0) is 5.54 Å². The molecule has 0 unspecified atom stereocenters. The molecule has 0 amide bonds. The van der Waals surface area contributed by atoms with Crippen LogP contribution in [0.5, 0.6) is 0 Å². The molecule has 0 saturated carbocycles. The number of aryl methyl sites for hydroxylation is 4. The van der Waals surface area contributed by atoms with Gasteiger partial charge < -0.3 is 11.5 Å². The maximum atomic E-state index is 6.97. The zero-order valence-electron chi connectivity index (χ0n) is 13.5. The lowest BCUT2D eigenvalue weighted by Crippen LogP contribution is -2.42. The molecular formula is C19H26N2. The molecule has 21 heavy (non-hydrogen) atoms. The molecule has 0 heterocycles. The van der Waals surface area contributed by atoms with Crippen molar-refractivity contribution in [2.75, 3.05) is 6.54 Å². The van der Waals surface area contributed by atoms with E-state index in [4.69, 9.17) is 11.5 Å². The van der Waals surface area contributed by atoms with Gasteiger partial charge >= 0.3 is 0 Å². The highest BCUT2D eigenvalue weighted by atomic mass is 14.8. The van der Waals surface area contributed by atoms with Gasteiger partial charge in [-0.3, -0.25) is 0 Å². The van der Waals surface area contributed by atoms with Crippen molar-refractivity contribution >= 4 is 0 Å². The van der Waals surface area contributed by atoms with Crippen molar-refractivity contribution in [2.24, 2.45) is 11.5 Å². The third-order valence-electron chi connectivity index (χ3n) is 4.39. The first kappa shape index (κ1) is 15.7. The van der Waals surface area contributed by atoms with E-state index in [0.29, 0.717) is 6.54 Å². The summed E-state index contributed by atoms with van der Waals surface area (Å²) in [7, 11) is 0. The Morgan fingerprint density at radius 1 is 0.762 bits per heavy atom. The minimum atomic E-state index is -0.528. The van der Waals surface area contributed by atoms with Crippen LogP contribution in [0, 0.1) is 27.7 Å². The molecule has 0 atom stereocenters. The van der Waals surface area contributed by atoms with Crippen LogP contribution in [0.3, 0.4) is 0 Å². The van der Waals surface area contributed by atoms with E-state index in [9.17, 15) is 0 Å². The molecule has 2 aromatic rings. The SMILES string of the molecule is Cc1cccc(C)c1C(N)(CCN)c1c(C)cccc1C. The average molecular weight is 282 g/mol. The highest BCUT2D eigenvalue weighted by molar-refractivity contribution is 5.51. The Bertz CT molecular complexity index is 552. The quantitative estimate of drug-likeness (QED) is 0.902. The summed E-state index contributed by atoms with van der Waals surface area (Å²) in [5, 5.41) is 0. The lowest BCUT2D eigenvalue weighted by Gasteiger charge is -2.36. The molecule has 0 spiro atoms. The molecular weight excluding hydrogens is 256 g/mol. The number of hydrogen-bond donors (Lipinski definition) is 2. The maximum Gasteiger partial charge on any atom is 0.0687 e. The molecule has 0 saturated heterocycles. The first-order valence-corrected chi connectivity index (χ1v) is 7.54. The Balaban J connectivity index is 2.78. The van der Waals surface area contributed by atoms with Crippen molar-refractivity contribution in [3.05, 3.63) is 69.8 Å². The summed E-state index contributed by atoms with van der Waals surface area (Å²) in [5.41, 5.74) is 19.7.